The molecule has 5 heteroatoms. The first-order valence-electron chi connectivity index (χ1n) is 6.22. The minimum absolute atomic E-state index is 0.206. The molecule has 0 radical (unpaired) electrons. The molecule has 1 unspecified atom stereocenters. The van der Waals surface area contributed by atoms with E-state index in [0.29, 0.717) is 0 Å². The molecule has 0 aliphatic carbocycles. The van der Waals surface area contributed by atoms with E-state index in [1.54, 1.807) is 17.4 Å². The Hall–Kier alpha value is -1.43. The van der Waals surface area contributed by atoms with Crippen molar-refractivity contribution in [2.45, 2.75) is 22.2 Å². The molecule has 0 fully saturated rings. The Morgan fingerprint density at radius 3 is 2.80 bits per heavy atom. The van der Waals surface area contributed by atoms with Crippen LogP contribution in [0.15, 0.2) is 51.7 Å². The maximum absolute atomic E-state index is 13.3. The average molecular weight is 304 g/mol. The molecule has 0 amide bonds. The van der Waals surface area contributed by atoms with Crippen LogP contribution in [-0.2, 0) is 0 Å². The summed E-state index contributed by atoms with van der Waals surface area (Å²) in [5.41, 5.74) is 7.72. The van der Waals surface area contributed by atoms with Gasteiger partial charge in [-0.25, -0.2) is 9.37 Å². The number of hydrogen-bond acceptors (Lipinski definition) is 4. The van der Waals surface area contributed by atoms with Gasteiger partial charge in [0.1, 0.15) is 5.82 Å². The number of nitrogens with zero attached hydrogens (tertiary/aromatic N) is 1. The highest BCUT2D eigenvalue weighted by atomic mass is 32.2. The molecule has 0 spiro atoms. The van der Waals surface area contributed by atoms with Gasteiger partial charge < -0.3 is 5.73 Å². The first-order chi connectivity index (χ1) is 9.63. The van der Waals surface area contributed by atoms with Gasteiger partial charge in [0.2, 0.25) is 0 Å². The highest BCUT2D eigenvalue weighted by Crippen LogP contribution is 2.37. The number of halogens is 1. The fraction of sp³-hybridized carbons (Fsp3) is 0.133. The summed E-state index contributed by atoms with van der Waals surface area (Å²) in [7, 11) is 0. The Morgan fingerprint density at radius 2 is 2.05 bits per heavy atom. The standard InChI is InChI=1S/C15H13FN2S2/c1-9(17)11-8-10(16)6-7-13(11)19-15-18-12-4-2-3-5-14(12)20-15/h2-9H,17H2,1H3. The smallest absolute Gasteiger partial charge is 0.155 e. The summed E-state index contributed by atoms with van der Waals surface area (Å²) in [6, 6.07) is 12.5. The first kappa shape index (κ1) is 13.5. The molecule has 3 rings (SSSR count). The lowest BCUT2D eigenvalue weighted by atomic mass is 10.1. The van der Waals surface area contributed by atoms with Crippen LogP contribution in [0.3, 0.4) is 0 Å². The van der Waals surface area contributed by atoms with E-state index in [1.807, 2.05) is 31.2 Å². The molecule has 2 N–H and O–H groups in total. The molecule has 0 aliphatic heterocycles. The van der Waals surface area contributed by atoms with E-state index in [0.717, 1.165) is 25.0 Å². The van der Waals surface area contributed by atoms with Crippen molar-refractivity contribution >= 4 is 33.3 Å². The van der Waals surface area contributed by atoms with Crippen molar-refractivity contribution in [2.75, 3.05) is 0 Å². The van der Waals surface area contributed by atoms with E-state index in [9.17, 15) is 4.39 Å². The van der Waals surface area contributed by atoms with E-state index >= 15 is 0 Å². The van der Waals surface area contributed by atoms with Gasteiger partial charge in [-0.05, 0) is 42.8 Å². The largest absolute Gasteiger partial charge is 0.324 e. The molecule has 2 nitrogen and oxygen atoms in total. The van der Waals surface area contributed by atoms with Gasteiger partial charge in [-0.1, -0.05) is 23.9 Å². The molecule has 102 valence electrons. The highest BCUT2D eigenvalue weighted by Gasteiger charge is 2.12. The Morgan fingerprint density at radius 1 is 1.25 bits per heavy atom. The van der Waals surface area contributed by atoms with E-state index in [2.05, 4.69) is 4.98 Å². The molecule has 1 heterocycles. The number of hydrogen-bond donors (Lipinski definition) is 1. The Labute approximate surface area is 124 Å². The summed E-state index contributed by atoms with van der Waals surface area (Å²) in [5.74, 6) is -0.258. The summed E-state index contributed by atoms with van der Waals surface area (Å²) < 4.78 is 15.4. The zero-order valence-electron chi connectivity index (χ0n) is 10.8. The molecule has 3 aromatic rings. The summed E-state index contributed by atoms with van der Waals surface area (Å²) in [4.78, 5) is 5.54. The van der Waals surface area contributed by atoms with Crippen LogP contribution in [0, 0.1) is 5.82 Å². The van der Waals surface area contributed by atoms with Crippen molar-refractivity contribution in [1.29, 1.82) is 0 Å². The fourth-order valence-corrected chi connectivity index (χ4v) is 4.19. The van der Waals surface area contributed by atoms with Crippen LogP contribution >= 0.6 is 23.1 Å². The average Bonchev–Trinajstić information content (AvgIpc) is 2.82. The summed E-state index contributed by atoms with van der Waals surface area (Å²) in [5, 5.41) is 0. The first-order valence-corrected chi connectivity index (χ1v) is 7.85. The van der Waals surface area contributed by atoms with Gasteiger partial charge in [0.05, 0.1) is 10.2 Å². The maximum atomic E-state index is 13.3. The molecule has 0 aliphatic rings. The zero-order chi connectivity index (χ0) is 14.1. The lowest BCUT2D eigenvalue weighted by Crippen LogP contribution is -2.06. The predicted octanol–water partition coefficient (Wildman–Crippen LogP) is 4.61. The molecule has 1 aromatic heterocycles. The van der Waals surface area contributed by atoms with Crippen molar-refractivity contribution in [3.63, 3.8) is 0 Å². The maximum Gasteiger partial charge on any atom is 0.155 e. The minimum atomic E-state index is -0.258. The lowest BCUT2D eigenvalue weighted by Gasteiger charge is -2.11. The topological polar surface area (TPSA) is 38.9 Å². The monoisotopic (exact) mass is 304 g/mol. The fourth-order valence-electron chi connectivity index (χ4n) is 1.96. The van der Waals surface area contributed by atoms with Gasteiger partial charge in [-0.3, -0.25) is 0 Å². The Kier molecular flexibility index (Phi) is 3.74. The van der Waals surface area contributed by atoms with Crippen LogP contribution in [0.5, 0.6) is 0 Å². The third-order valence-corrected chi connectivity index (χ3v) is 5.12. The molecule has 2 aromatic carbocycles. The lowest BCUT2D eigenvalue weighted by molar-refractivity contribution is 0.619. The highest BCUT2D eigenvalue weighted by molar-refractivity contribution is 8.01. The molecule has 0 saturated heterocycles. The second-order valence-corrected chi connectivity index (χ2v) is 6.84. The van der Waals surface area contributed by atoms with Crippen LogP contribution in [-0.4, -0.2) is 4.98 Å². The van der Waals surface area contributed by atoms with Gasteiger partial charge in [0.15, 0.2) is 4.34 Å². The van der Waals surface area contributed by atoms with E-state index < -0.39 is 0 Å². The van der Waals surface area contributed by atoms with E-state index in [1.165, 1.54) is 23.9 Å². The second kappa shape index (κ2) is 5.52. The van der Waals surface area contributed by atoms with Gasteiger partial charge in [-0.15, -0.1) is 11.3 Å². The van der Waals surface area contributed by atoms with Crippen LogP contribution in [0.2, 0.25) is 0 Å². The van der Waals surface area contributed by atoms with Crippen LogP contribution < -0.4 is 5.73 Å². The summed E-state index contributed by atoms with van der Waals surface area (Å²) in [6.45, 7) is 1.86. The van der Waals surface area contributed by atoms with Crippen molar-refractivity contribution in [1.82, 2.24) is 4.98 Å². The normalized spacial score (nSPS) is 12.8. The van der Waals surface area contributed by atoms with Crippen molar-refractivity contribution in [3.8, 4) is 0 Å². The third kappa shape index (κ3) is 2.70. The second-order valence-electron chi connectivity index (χ2n) is 4.52. The molecular weight excluding hydrogens is 291 g/mol. The van der Waals surface area contributed by atoms with Crippen LogP contribution in [0.1, 0.15) is 18.5 Å². The van der Waals surface area contributed by atoms with Gasteiger partial charge in [0.25, 0.3) is 0 Å². The van der Waals surface area contributed by atoms with E-state index in [-0.39, 0.29) is 11.9 Å². The minimum Gasteiger partial charge on any atom is -0.324 e. The quantitative estimate of drug-likeness (QED) is 0.768. The number of para-hydroxylation sites is 1. The zero-order valence-corrected chi connectivity index (χ0v) is 12.5. The third-order valence-electron chi connectivity index (χ3n) is 2.93. The predicted molar refractivity (Wildman–Crippen MR) is 82.7 cm³/mol. The molecular formula is C15H13FN2S2. The molecule has 1 atom stereocenters. The molecule has 0 saturated carbocycles. The molecule has 0 bridgehead atoms. The number of thiazole rings is 1. The number of benzene rings is 2. The van der Waals surface area contributed by atoms with Crippen molar-refractivity contribution < 1.29 is 4.39 Å². The Bertz CT molecular complexity index is 719. The Balaban J connectivity index is 1.98. The number of nitrogens with two attached hydrogens (primary N) is 1. The van der Waals surface area contributed by atoms with Crippen LogP contribution in [0.25, 0.3) is 10.2 Å². The van der Waals surface area contributed by atoms with Gasteiger partial charge in [-0.2, -0.15) is 0 Å². The van der Waals surface area contributed by atoms with Crippen molar-refractivity contribution in [3.05, 3.63) is 53.8 Å². The number of rotatable bonds is 3. The number of fused-ring (bicyclic) bond motifs is 1. The SMILES string of the molecule is CC(N)c1cc(F)ccc1Sc1nc2ccccc2s1. The summed E-state index contributed by atoms with van der Waals surface area (Å²) >= 11 is 3.17. The van der Waals surface area contributed by atoms with E-state index in [4.69, 9.17) is 5.73 Å². The van der Waals surface area contributed by atoms with Crippen LogP contribution in [0.4, 0.5) is 4.39 Å². The summed E-state index contributed by atoms with van der Waals surface area (Å²) in [6.07, 6.45) is 0. The van der Waals surface area contributed by atoms with Gasteiger partial charge in [0, 0.05) is 10.9 Å². The number of aromatic nitrogens is 1. The van der Waals surface area contributed by atoms with Crippen molar-refractivity contribution in [2.24, 2.45) is 5.73 Å². The molecule has 20 heavy (non-hydrogen) atoms. The van der Waals surface area contributed by atoms with Gasteiger partial charge >= 0.3 is 0 Å².